The van der Waals surface area contributed by atoms with Crippen LogP contribution in [0.1, 0.15) is 65.4 Å². The fourth-order valence-corrected chi connectivity index (χ4v) is 7.66. The SMILES string of the molecule is COc1cc(C)cc(SC[C@@H]2[C@@]3(C)CCCC(C)(C)C3CC[C@@]2(C)O)c1. The van der Waals surface area contributed by atoms with Gasteiger partial charge in [0, 0.05) is 16.6 Å². The summed E-state index contributed by atoms with van der Waals surface area (Å²) in [6, 6.07) is 6.43. The van der Waals surface area contributed by atoms with Crippen molar-refractivity contribution < 1.29 is 9.84 Å². The molecule has 0 aliphatic heterocycles. The van der Waals surface area contributed by atoms with Crippen LogP contribution in [-0.2, 0) is 0 Å². The van der Waals surface area contributed by atoms with Gasteiger partial charge < -0.3 is 9.84 Å². The van der Waals surface area contributed by atoms with Crippen molar-refractivity contribution in [1.29, 1.82) is 0 Å². The molecule has 2 fully saturated rings. The van der Waals surface area contributed by atoms with Crippen LogP contribution in [0.2, 0.25) is 0 Å². The lowest BCUT2D eigenvalue weighted by molar-refractivity contribution is -0.158. The highest BCUT2D eigenvalue weighted by Crippen LogP contribution is 2.62. The minimum atomic E-state index is -0.570. The van der Waals surface area contributed by atoms with Gasteiger partial charge in [-0.3, -0.25) is 0 Å². The van der Waals surface area contributed by atoms with E-state index < -0.39 is 5.60 Å². The zero-order valence-electron chi connectivity index (χ0n) is 17.4. The van der Waals surface area contributed by atoms with E-state index >= 15 is 0 Å². The lowest BCUT2D eigenvalue weighted by Crippen LogP contribution is -2.58. The van der Waals surface area contributed by atoms with Crippen molar-refractivity contribution in [2.45, 2.75) is 77.2 Å². The monoisotopic (exact) mass is 376 g/mol. The van der Waals surface area contributed by atoms with E-state index in [9.17, 15) is 5.11 Å². The summed E-state index contributed by atoms with van der Waals surface area (Å²) in [5.74, 6) is 2.93. The summed E-state index contributed by atoms with van der Waals surface area (Å²) in [5, 5.41) is 11.3. The fourth-order valence-electron chi connectivity index (χ4n) is 6.09. The Hall–Kier alpha value is -0.670. The Morgan fingerprint density at radius 1 is 1.12 bits per heavy atom. The van der Waals surface area contributed by atoms with Crippen molar-refractivity contribution in [2.24, 2.45) is 22.7 Å². The van der Waals surface area contributed by atoms with Gasteiger partial charge in [-0.2, -0.15) is 0 Å². The number of methoxy groups -OCH3 is 1. The van der Waals surface area contributed by atoms with Gasteiger partial charge in [-0.15, -0.1) is 11.8 Å². The summed E-state index contributed by atoms with van der Waals surface area (Å²) >= 11 is 1.89. The number of aryl methyl sites for hydroxylation is 1. The third-order valence-electron chi connectivity index (χ3n) is 7.44. The first-order valence-electron chi connectivity index (χ1n) is 10.1. The number of benzene rings is 1. The molecule has 3 heteroatoms. The second kappa shape index (κ2) is 7.05. The molecule has 0 saturated heterocycles. The van der Waals surface area contributed by atoms with E-state index in [2.05, 4.69) is 52.8 Å². The normalized spacial score (nSPS) is 36.4. The van der Waals surface area contributed by atoms with Crippen LogP contribution >= 0.6 is 11.8 Å². The molecule has 1 unspecified atom stereocenters. The van der Waals surface area contributed by atoms with Crippen molar-refractivity contribution in [3.05, 3.63) is 23.8 Å². The van der Waals surface area contributed by atoms with Gasteiger partial charge in [-0.25, -0.2) is 0 Å². The van der Waals surface area contributed by atoms with Gasteiger partial charge >= 0.3 is 0 Å². The van der Waals surface area contributed by atoms with Crippen LogP contribution in [0, 0.1) is 29.6 Å². The summed E-state index contributed by atoms with van der Waals surface area (Å²) in [5.41, 5.74) is 1.27. The number of thioether (sulfide) groups is 1. The topological polar surface area (TPSA) is 29.5 Å². The average molecular weight is 377 g/mol. The third-order valence-corrected chi connectivity index (χ3v) is 8.51. The maximum atomic E-state index is 11.3. The third kappa shape index (κ3) is 3.67. The van der Waals surface area contributed by atoms with Gasteiger partial charge in [0.25, 0.3) is 0 Å². The minimum absolute atomic E-state index is 0.227. The van der Waals surface area contributed by atoms with Crippen LogP contribution in [0.5, 0.6) is 5.75 Å². The molecule has 0 spiro atoms. The Morgan fingerprint density at radius 3 is 2.54 bits per heavy atom. The average Bonchev–Trinajstić information content (AvgIpc) is 2.52. The summed E-state index contributed by atoms with van der Waals surface area (Å²) in [6.45, 7) is 11.6. The van der Waals surface area contributed by atoms with E-state index in [1.807, 2.05) is 11.8 Å². The Labute approximate surface area is 164 Å². The molecule has 4 atom stereocenters. The largest absolute Gasteiger partial charge is 0.497 e. The van der Waals surface area contributed by atoms with Gasteiger partial charge in [0.15, 0.2) is 0 Å². The standard InChI is InChI=1S/C23H36O2S/c1-16-12-17(25-6)14-18(13-16)26-15-20-22(4)10-7-9-21(2,3)19(22)8-11-23(20,5)24/h12-14,19-20,24H,7-11,15H2,1-6H3/t19?,20-,22+,23-/m1/s1. The summed E-state index contributed by atoms with van der Waals surface area (Å²) in [6.07, 6.45) is 5.95. The second-order valence-corrected chi connectivity index (χ2v) is 10.9. The maximum Gasteiger partial charge on any atom is 0.120 e. The number of hydrogen-bond donors (Lipinski definition) is 1. The van der Waals surface area contributed by atoms with E-state index in [-0.39, 0.29) is 5.41 Å². The first-order valence-corrected chi connectivity index (χ1v) is 11.1. The van der Waals surface area contributed by atoms with Gasteiger partial charge in [0.05, 0.1) is 12.7 Å². The number of hydrogen-bond acceptors (Lipinski definition) is 3. The van der Waals surface area contributed by atoms with Crippen molar-refractivity contribution in [1.82, 2.24) is 0 Å². The van der Waals surface area contributed by atoms with Crippen LogP contribution < -0.4 is 4.74 Å². The minimum Gasteiger partial charge on any atom is -0.497 e. The highest BCUT2D eigenvalue weighted by Gasteiger charge is 2.57. The second-order valence-electron chi connectivity index (χ2n) is 9.85. The van der Waals surface area contributed by atoms with Crippen molar-refractivity contribution >= 4 is 11.8 Å². The lowest BCUT2D eigenvalue weighted by Gasteiger charge is -2.61. The fraction of sp³-hybridized carbons (Fsp3) is 0.739. The van der Waals surface area contributed by atoms with Crippen molar-refractivity contribution in [3.8, 4) is 5.75 Å². The molecular formula is C23H36O2S. The van der Waals surface area contributed by atoms with E-state index in [4.69, 9.17) is 4.74 Å². The molecule has 2 aliphatic carbocycles. The van der Waals surface area contributed by atoms with Crippen LogP contribution in [0.15, 0.2) is 23.1 Å². The molecule has 2 saturated carbocycles. The van der Waals surface area contributed by atoms with Crippen LogP contribution in [0.4, 0.5) is 0 Å². The van der Waals surface area contributed by atoms with Crippen LogP contribution in [0.3, 0.4) is 0 Å². The van der Waals surface area contributed by atoms with E-state index in [0.29, 0.717) is 17.3 Å². The molecular weight excluding hydrogens is 340 g/mol. The molecule has 1 N–H and O–H groups in total. The number of ether oxygens (including phenoxy) is 1. The Balaban J connectivity index is 1.85. The molecule has 0 amide bonds. The smallest absolute Gasteiger partial charge is 0.120 e. The number of rotatable bonds is 4. The van der Waals surface area contributed by atoms with E-state index in [1.165, 1.54) is 29.7 Å². The first kappa shape index (κ1) is 20.1. The Kier molecular flexibility index (Phi) is 5.45. The molecule has 1 aromatic carbocycles. The molecule has 1 aromatic rings. The van der Waals surface area contributed by atoms with Crippen molar-refractivity contribution in [3.63, 3.8) is 0 Å². The molecule has 2 nitrogen and oxygen atoms in total. The quantitative estimate of drug-likeness (QED) is 0.645. The Bertz CT molecular complexity index is 652. The van der Waals surface area contributed by atoms with Crippen LogP contribution in [-0.4, -0.2) is 23.6 Å². The Morgan fingerprint density at radius 2 is 1.85 bits per heavy atom. The maximum absolute atomic E-state index is 11.3. The van der Waals surface area contributed by atoms with E-state index in [1.54, 1.807) is 7.11 Å². The van der Waals surface area contributed by atoms with Crippen molar-refractivity contribution in [2.75, 3.05) is 12.9 Å². The predicted octanol–water partition coefficient (Wildman–Crippen LogP) is 6.09. The molecule has 26 heavy (non-hydrogen) atoms. The van der Waals surface area contributed by atoms with Gasteiger partial charge in [-0.1, -0.05) is 27.2 Å². The zero-order valence-corrected chi connectivity index (χ0v) is 18.2. The van der Waals surface area contributed by atoms with E-state index in [0.717, 1.165) is 24.3 Å². The van der Waals surface area contributed by atoms with Gasteiger partial charge in [0.2, 0.25) is 0 Å². The number of fused-ring (bicyclic) bond motifs is 1. The molecule has 2 aliphatic rings. The zero-order chi connectivity index (χ0) is 19.2. The summed E-state index contributed by atoms with van der Waals surface area (Å²) in [4.78, 5) is 1.25. The highest BCUT2D eigenvalue weighted by molar-refractivity contribution is 7.99. The molecule has 0 aromatic heterocycles. The molecule has 0 bridgehead atoms. The molecule has 146 valence electrons. The molecule has 0 heterocycles. The summed E-state index contributed by atoms with van der Waals surface area (Å²) in [7, 11) is 1.73. The highest BCUT2D eigenvalue weighted by atomic mass is 32.2. The molecule has 0 radical (unpaired) electrons. The lowest BCUT2D eigenvalue weighted by atomic mass is 9.46. The van der Waals surface area contributed by atoms with Gasteiger partial charge in [0.1, 0.15) is 5.75 Å². The van der Waals surface area contributed by atoms with Gasteiger partial charge in [-0.05, 0) is 80.0 Å². The predicted molar refractivity (Wildman–Crippen MR) is 111 cm³/mol. The van der Waals surface area contributed by atoms with Crippen LogP contribution in [0.25, 0.3) is 0 Å². The number of aliphatic hydroxyl groups is 1. The summed E-state index contributed by atoms with van der Waals surface area (Å²) < 4.78 is 5.44. The molecule has 3 rings (SSSR count). The first-order chi connectivity index (χ1) is 12.1.